The van der Waals surface area contributed by atoms with Crippen molar-refractivity contribution >= 4 is 24.6 Å². The van der Waals surface area contributed by atoms with Crippen molar-refractivity contribution in [2.24, 2.45) is 0 Å². The average molecular weight is 202 g/mol. The van der Waals surface area contributed by atoms with Crippen LogP contribution >= 0.6 is 12.6 Å². The van der Waals surface area contributed by atoms with Gasteiger partial charge in [0.05, 0.1) is 0 Å². The standard InChI is InChI=1S/C8H14N2O2S/c1-8(2,3)10-6(11)5(4-13)9-7(10)12/h5,13H,4H2,1-3H3,(H,9,12). The number of carbonyl (C=O) groups is 2. The second-order valence-electron chi connectivity index (χ2n) is 4.03. The van der Waals surface area contributed by atoms with E-state index in [0.717, 1.165) is 0 Å². The van der Waals surface area contributed by atoms with E-state index in [4.69, 9.17) is 0 Å². The molecule has 0 spiro atoms. The minimum atomic E-state index is -0.463. The van der Waals surface area contributed by atoms with Gasteiger partial charge in [0.1, 0.15) is 6.04 Å². The van der Waals surface area contributed by atoms with E-state index < -0.39 is 11.6 Å². The fourth-order valence-corrected chi connectivity index (χ4v) is 1.54. The molecule has 0 radical (unpaired) electrons. The zero-order valence-electron chi connectivity index (χ0n) is 8.00. The number of rotatable bonds is 1. The molecule has 1 aliphatic rings. The van der Waals surface area contributed by atoms with Crippen molar-refractivity contribution in [1.82, 2.24) is 10.2 Å². The highest BCUT2D eigenvalue weighted by Gasteiger charge is 2.42. The first-order valence-corrected chi connectivity index (χ1v) is 4.76. The molecule has 3 amide bonds. The quantitative estimate of drug-likeness (QED) is 0.484. The van der Waals surface area contributed by atoms with Gasteiger partial charge in [-0.05, 0) is 20.8 Å². The van der Waals surface area contributed by atoms with Gasteiger partial charge in [0, 0.05) is 11.3 Å². The number of amides is 3. The van der Waals surface area contributed by atoms with Gasteiger partial charge in [-0.15, -0.1) is 0 Å². The number of carbonyl (C=O) groups excluding carboxylic acids is 2. The van der Waals surface area contributed by atoms with E-state index >= 15 is 0 Å². The van der Waals surface area contributed by atoms with Crippen LogP contribution in [0.2, 0.25) is 0 Å². The Kier molecular flexibility index (Phi) is 2.56. The van der Waals surface area contributed by atoms with E-state index in [1.807, 2.05) is 20.8 Å². The molecule has 0 saturated carbocycles. The zero-order valence-corrected chi connectivity index (χ0v) is 8.89. The molecule has 4 nitrogen and oxygen atoms in total. The molecule has 1 aliphatic heterocycles. The van der Waals surface area contributed by atoms with Gasteiger partial charge in [0.25, 0.3) is 5.91 Å². The molecule has 13 heavy (non-hydrogen) atoms. The molecule has 1 fully saturated rings. The second kappa shape index (κ2) is 3.21. The first kappa shape index (κ1) is 10.4. The van der Waals surface area contributed by atoms with E-state index in [1.165, 1.54) is 4.90 Å². The van der Waals surface area contributed by atoms with Crippen LogP contribution in [-0.4, -0.2) is 34.2 Å². The fraction of sp³-hybridized carbons (Fsp3) is 0.750. The Balaban J connectivity index is 2.89. The molecule has 0 bridgehead atoms. The summed E-state index contributed by atoms with van der Waals surface area (Å²) in [6.45, 7) is 5.47. The number of thiol groups is 1. The van der Waals surface area contributed by atoms with Gasteiger partial charge in [-0.3, -0.25) is 9.69 Å². The number of hydrogen-bond acceptors (Lipinski definition) is 3. The van der Waals surface area contributed by atoms with Crippen molar-refractivity contribution in [1.29, 1.82) is 0 Å². The number of nitrogens with one attached hydrogen (secondary N) is 1. The molecular formula is C8H14N2O2S. The maximum Gasteiger partial charge on any atom is 0.325 e. The molecule has 0 aromatic rings. The Hall–Kier alpha value is -0.710. The molecule has 0 aliphatic carbocycles. The molecule has 5 heteroatoms. The molecule has 1 saturated heterocycles. The fourth-order valence-electron chi connectivity index (χ4n) is 1.29. The van der Waals surface area contributed by atoms with Gasteiger partial charge in [0.2, 0.25) is 0 Å². The number of nitrogens with zero attached hydrogens (tertiary/aromatic N) is 1. The van der Waals surface area contributed by atoms with Gasteiger partial charge in [-0.25, -0.2) is 4.79 Å². The average Bonchev–Trinajstić information content (AvgIpc) is 2.24. The summed E-state index contributed by atoms with van der Waals surface area (Å²) in [5, 5.41) is 2.57. The number of urea groups is 1. The van der Waals surface area contributed by atoms with Crippen LogP contribution in [0.25, 0.3) is 0 Å². The Labute approximate surface area is 83.1 Å². The minimum absolute atomic E-state index is 0.187. The Morgan fingerprint density at radius 2 is 2.00 bits per heavy atom. The number of imide groups is 1. The van der Waals surface area contributed by atoms with Crippen molar-refractivity contribution < 1.29 is 9.59 Å². The van der Waals surface area contributed by atoms with Gasteiger partial charge >= 0.3 is 6.03 Å². The van der Waals surface area contributed by atoms with Crippen LogP contribution < -0.4 is 5.32 Å². The summed E-state index contributed by atoms with van der Waals surface area (Å²) in [5.74, 6) is 0.157. The van der Waals surface area contributed by atoms with E-state index in [-0.39, 0.29) is 11.9 Å². The lowest BCUT2D eigenvalue weighted by molar-refractivity contribution is -0.130. The first-order chi connectivity index (χ1) is 5.88. The summed E-state index contributed by atoms with van der Waals surface area (Å²) in [5.41, 5.74) is -0.459. The Morgan fingerprint density at radius 3 is 2.23 bits per heavy atom. The molecule has 1 rings (SSSR count). The van der Waals surface area contributed by atoms with E-state index in [0.29, 0.717) is 5.75 Å². The SMILES string of the molecule is CC(C)(C)N1C(=O)NC(CS)C1=O. The zero-order chi connectivity index (χ0) is 10.2. The molecule has 1 atom stereocenters. The topological polar surface area (TPSA) is 49.4 Å². The van der Waals surface area contributed by atoms with Gasteiger partial charge in [-0.1, -0.05) is 0 Å². The normalized spacial score (nSPS) is 23.7. The monoisotopic (exact) mass is 202 g/mol. The van der Waals surface area contributed by atoms with Crippen molar-refractivity contribution in [3.8, 4) is 0 Å². The molecular weight excluding hydrogens is 188 g/mol. The van der Waals surface area contributed by atoms with Gasteiger partial charge in [-0.2, -0.15) is 12.6 Å². The highest BCUT2D eigenvalue weighted by atomic mass is 32.1. The predicted molar refractivity (Wildman–Crippen MR) is 52.8 cm³/mol. The van der Waals surface area contributed by atoms with Crippen molar-refractivity contribution in [3.63, 3.8) is 0 Å². The van der Waals surface area contributed by atoms with Crippen LogP contribution in [0.1, 0.15) is 20.8 Å². The summed E-state index contributed by atoms with van der Waals surface area (Å²) in [7, 11) is 0. The van der Waals surface area contributed by atoms with Crippen LogP contribution in [-0.2, 0) is 4.79 Å². The third-order valence-electron chi connectivity index (χ3n) is 1.87. The summed E-state index contributed by atoms with van der Waals surface area (Å²) in [4.78, 5) is 24.2. The van der Waals surface area contributed by atoms with Gasteiger partial charge in [0.15, 0.2) is 0 Å². The van der Waals surface area contributed by atoms with Crippen LogP contribution in [0.5, 0.6) is 0 Å². The van der Waals surface area contributed by atoms with E-state index in [9.17, 15) is 9.59 Å². The van der Waals surface area contributed by atoms with Crippen LogP contribution in [0.4, 0.5) is 4.79 Å². The van der Waals surface area contributed by atoms with Crippen molar-refractivity contribution in [2.75, 3.05) is 5.75 Å². The lowest BCUT2D eigenvalue weighted by Crippen LogP contribution is -2.46. The third-order valence-corrected chi connectivity index (χ3v) is 2.24. The predicted octanol–water partition coefficient (Wildman–Crippen LogP) is 0.635. The minimum Gasteiger partial charge on any atom is -0.325 e. The van der Waals surface area contributed by atoms with Crippen LogP contribution in [0.15, 0.2) is 0 Å². The first-order valence-electron chi connectivity index (χ1n) is 4.13. The molecule has 74 valence electrons. The Bertz CT molecular complexity index is 247. The van der Waals surface area contributed by atoms with Crippen LogP contribution in [0.3, 0.4) is 0 Å². The molecule has 1 N–H and O–H groups in total. The molecule has 0 aromatic heterocycles. The van der Waals surface area contributed by atoms with Gasteiger partial charge < -0.3 is 5.32 Å². The number of hydrogen-bond donors (Lipinski definition) is 2. The highest BCUT2D eigenvalue weighted by Crippen LogP contribution is 2.19. The maximum absolute atomic E-state index is 11.6. The summed E-state index contributed by atoms with van der Waals surface area (Å²) >= 11 is 3.99. The highest BCUT2D eigenvalue weighted by molar-refractivity contribution is 7.80. The van der Waals surface area contributed by atoms with Crippen LogP contribution in [0, 0.1) is 0 Å². The third kappa shape index (κ3) is 1.80. The largest absolute Gasteiger partial charge is 0.325 e. The van der Waals surface area contributed by atoms with E-state index in [1.54, 1.807) is 0 Å². The summed E-state index contributed by atoms with van der Waals surface area (Å²) in [6.07, 6.45) is 0. The molecule has 0 aromatic carbocycles. The summed E-state index contributed by atoms with van der Waals surface area (Å²) < 4.78 is 0. The van der Waals surface area contributed by atoms with E-state index in [2.05, 4.69) is 17.9 Å². The smallest absolute Gasteiger partial charge is 0.325 e. The maximum atomic E-state index is 11.6. The molecule has 1 unspecified atom stereocenters. The van der Waals surface area contributed by atoms with Crippen molar-refractivity contribution in [3.05, 3.63) is 0 Å². The Morgan fingerprint density at radius 1 is 1.46 bits per heavy atom. The molecule has 1 heterocycles. The lowest BCUT2D eigenvalue weighted by Gasteiger charge is -2.28. The van der Waals surface area contributed by atoms with Crippen molar-refractivity contribution in [2.45, 2.75) is 32.4 Å². The summed E-state index contributed by atoms with van der Waals surface area (Å²) in [6, 6.07) is -0.786. The second-order valence-corrected chi connectivity index (χ2v) is 4.39. The lowest BCUT2D eigenvalue weighted by atomic mass is 10.1.